The predicted octanol–water partition coefficient (Wildman–Crippen LogP) is 5.32. The molecule has 0 atom stereocenters. The number of carbonyl (C=O) groups is 1. The molecule has 0 amide bonds. The maximum atomic E-state index is 14.1. The van der Waals surface area contributed by atoms with Crippen molar-refractivity contribution in [3.05, 3.63) is 76.2 Å². The van der Waals surface area contributed by atoms with Crippen molar-refractivity contribution in [3.8, 4) is 5.88 Å². The lowest BCUT2D eigenvalue weighted by molar-refractivity contribution is -0.131. The van der Waals surface area contributed by atoms with Crippen molar-refractivity contribution >= 4 is 23.6 Å². The average Bonchev–Trinajstić information content (AvgIpc) is 3.26. The predicted molar refractivity (Wildman–Crippen MR) is 141 cm³/mol. The molecule has 1 aromatic carbocycles. The molecule has 0 bridgehead atoms. The van der Waals surface area contributed by atoms with Gasteiger partial charge < -0.3 is 14.4 Å². The zero-order valence-corrected chi connectivity index (χ0v) is 21.9. The number of nitrogens with zero attached hydrogens (tertiary/aromatic N) is 5. The van der Waals surface area contributed by atoms with Crippen LogP contribution in [0.15, 0.2) is 42.5 Å². The highest BCUT2D eigenvalue weighted by Crippen LogP contribution is 2.31. The Balaban J connectivity index is 1.18. The Morgan fingerprint density at radius 1 is 1.16 bits per heavy atom. The van der Waals surface area contributed by atoms with Crippen LogP contribution < -0.4 is 4.74 Å². The van der Waals surface area contributed by atoms with Gasteiger partial charge in [-0.15, -0.1) is 10.2 Å². The van der Waals surface area contributed by atoms with Gasteiger partial charge in [-0.05, 0) is 69.0 Å². The Morgan fingerprint density at radius 2 is 1.97 bits per heavy atom. The Labute approximate surface area is 226 Å². The van der Waals surface area contributed by atoms with Gasteiger partial charge in [-0.25, -0.2) is 14.2 Å². The number of aromatic nitrogens is 4. The average molecular weight is 540 g/mol. The molecule has 1 saturated heterocycles. The molecule has 8 nitrogen and oxygen atoms in total. The van der Waals surface area contributed by atoms with Gasteiger partial charge in [0.2, 0.25) is 5.88 Å². The summed E-state index contributed by atoms with van der Waals surface area (Å²) in [6.07, 6.45) is 8.17. The number of pyridine rings is 1. The summed E-state index contributed by atoms with van der Waals surface area (Å²) in [5.74, 6) is 1.48. The van der Waals surface area contributed by atoms with Gasteiger partial charge in [0.1, 0.15) is 18.2 Å². The number of halogens is 2. The number of hydrogen-bond acceptors (Lipinski definition) is 6. The second-order valence-electron chi connectivity index (χ2n) is 10.0. The topological polar surface area (TPSA) is 93.4 Å². The van der Waals surface area contributed by atoms with E-state index in [0.29, 0.717) is 40.7 Å². The standard InChI is InChI=1S/C28H31ClFN5O3/c29-22-8-7-21(23(30)15-22)18-38-27-6-2-5-24(31-27)20-11-13-34(14-12-20)17-26-33-32-25(9-10-28(36)37)35(26)16-19-3-1-4-19/h2,5-10,15,19-20H,1,3-4,11-14,16-18H2,(H,36,37)/b10-9+. The number of likely N-dealkylation sites (tertiary alicyclic amines) is 1. The maximum Gasteiger partial charge on any atom is 0.328 e. The highest BCUT2D eigenvalue weighted by molar-refractivity contribution is 6.30. The monoisotopic (exact) mass is 539 g/mol. The molecular weight excluding hydrogens is 509 g/mol. The van der Waals surface area contributed by atoms with E-state index in [-0.39, 0.29) is 6.61 Å². The third kappa shape index (κ3) is 6.57. The van der Waals surface area contributed by atoms with Gasteiger partial charge in [0, 0.05) is 40.9 Å². The number of aliphatic carboxylic acids is 1. The minimum absolute atomic E-state index is 0.0864. The van der Waals surface area contributed by atoms with Crippen LogP contribution in [0, 0.1) is 11.7 Å². The first kappa shape index (κ1) is 26.3. The Kier molecular flexibility index (Phi) is 8.34. The van der Waals surface area contributed by atoms with Gasteiger partial charge in [-0.1, -0.05) is 30.2 Å². The van der Waals surface area contributed by atoms with E-state index in [9.17, 15) is 9.18 Å². The van der Waals surface area contributed by atoms with E-state index in [0.717, 1.165) is 50.1 Å². The summed E-state index contributed by atoms with van der Waals surface area (Å²) in [5.41, 5.74) is 1.41. The van der Waals surface area contributed by atoms with Crippen molar-refractivity contribution in [2.24, 2.45) is 5.92 Å². The molecule has 2 aliphatic rings. The van der Waals surface area contributed by atoms with E-state index in [1.807, 2.05) is 12.1 Å². The van der Waals surface area contributed by atoms with Gasteiger partial charge in [0.15, 0.2) is 5.82 Å². The van der Waals surface area contributed by atoms with Crippen molar-refractivity contribution in [2.75, 3.05) is 13.1 Å². The molecule has 1 aliphatic heterocycles. The summed E-state index contributed by atoms with van der Waals surface area (Å²) in [4.78, 5) is 18.1. The fourth-order valence-corrected chi connectivity index (χ4v) is 5.14. The summed E-state index contributed by atoms with van der Waals surface area (Å²) in [6.45, 7) is 3.38. The van der Waals surface area contributed by atoms with Crippen LogP contribution in [0.25, 0.3) is 6.08 Å². The second kappa shape index (κ2) is 12.0. The van der Waals surface area contributed by atoms with Gasteiger partial charge in [0.25, 0.3) is 0 Å². The fourth-order valence-electron chi connectivity index (χ4n) is 4.98. The fraction of sp³-hybridized carbons (Fsp3) is 0.429. The molecule has 3 heterocycles. The summed E-state index contributed by atoms with van der Waals surface area (Å²) in [5, 5.41) is 18.1. The Bertz CT molecular complexity index is 1300. The minimum Gasteiger partial charge on any atom is -0.478 e. The van der Waals surface area contributed by atoms with Crippen LogP contribution in [-0.4, -0.2) is 48.8 Å². The molecule has 0 spiro atoms. The maximum absolute atomic E-state index is 14.1. The van der Waals surface area contributed by atoms with Crippen molar-refractivity contribution < 1.29 is 19.0 Å². The van der Waals surface area contributed by atoms with Crippen LogP contribution in [0.3, 0.4) is 0 Å². The lowest BCUT2D eigenvalue weighted by Gasteiger charge is -2.32. The minimum atomic E-state index is -0.993. The molecule has 0 radical (unpaired) electrons. The lowest BCUT2D eigenvalue weighted by atomic mass is 9.85. The SMILES string of the molecule is O=C(O)/C=C/c1nnc(CN2CCC(c3cccc(OCc4ccc(Cl)cc4F)n3)CC2)n1CC1CCC1. The summed E-state index contributed by atoms with van der Waals surface area (Å²) >= 11 is 5.83. The van der Waals surface area contributed by atoms with Crippen LogP contribution in [0.1, 0.15) is 60.9 Å². The number of carboxylic acid groups (broad SMARTS) is 1. The smallest absolute Gasteiger partial charge is 0.328 e. The Morgan fingerprint density at radius 3 is 2.68 bits per heavy atom. The summed E-state index contributed by atoms with van der Waals surface area (Å²) < 4.78 is 21.9. The zero-order chi connectivity index (χ0) is 26.5. The molecule has 2 fully saturated rings. The molecule has 10 heteroatoms. The molecule has 0 unspecified atom stereocenters. The van der Waals surface area contributed by atoms with Crippen LogP contribution in [0.2, 0.25) is 5.02 Å². The molecule has 200 valence electrons. The van der Waals surface area contributed by atoms with Crippen LogP contribution >= 0.6 is 11.6 Å². The van der Waals surface area contributed by atoms with Gasteiger partial charge in [0.05, 0.1) is 6.54 Å². The number of rotatable bonds is 10. The van der Waals surface area contributed by atoms with E-state index < -0.39 is 11.8 Å². The van der Waals surface area contributed by atoms with Crippen molar-refractivity contribution in [2.45, 2.75) is 57.7 Å². The molecular formula is C28H31ClFN5O3. The van der Waals surface area contributed by atoms with Crippen molar-refractivity contribution in [1.82, 2.24) is 24.6 Å². The highest BCUT2D eigenvalue weighted by atomic mass is 35.5. The molecule has 3 aromatic rings. The first-order chi connectivity index (χ1) is 18.4. The third-order valence-corrected chi connectivity index (χ3v) is 7.64. The molecule has 1 aliphatic carbocycles. The third-order valence-electron chi connectivity index (χ3n) is 7.40. The second-order valence-corrected chi connectivity index (χ2v) is 10.5. The number of piperidine rings is 1. The number of carboxylic acids is 1. The van der Waals surface area contributed by atoms with E-state index in [4.69, 9.17) is 26.4 Å². The first-order valence-corrected chi connectivity index (χ1v) is 13.4. The van der Waals surface area contributed by atoms with Gasteiger partial charge >= 0.3 is 5.97 Å². The van der Waals surface area contributed by atoms with Gasteiger partial charge in [-0.2, -0.15) is 0 Å². The largest absolute Gasteiger partial charge is 0.478 e. The number of ether oxygens (including phenoxy) is 1. The molecule has 1 N–H and O–H groups in total. The van der Waals surface area contributed by atoms with E-state index >= 15 is 0 Å². The first-order valence-electron chi connectivity index (χ1n) is 13.0. The normalized spacial score (nSPS) is 17.1. The highest BCUT2D eigenvalue weighted by Gasteiger charge is 2.25. The van der Waals surface area contributed by atoms with Crippen LogP contribution in [0.5, 0.6) is 5.88 Å². The quantitative estimate of drug-likeness (QED) is 0.348. The van der Waals surface area contributed by atoms with Gasteiger partial charge in [-0.3, -0.25) is 4.90 Å². The van der Waals surface area contributed by atoms with E-state index in [1.165, 1.54) is 31.4 Å². The molecule has 38 heavy (non-hydrogen) atoms. The number of hydrogen-bond donors (Lipinski definition) is 1. The summed E-state index contributed by atoms with van der Waals surface area (Å²) in [6, 6.07) is 10.3. The van der Waals surface area contributed by atoms with E-state index in [1.54, 1.807) is 18.2 Å². The zero-order valence-electron chi connectivity index (χ0n) is 21.1. The molecule has 5 rings (SSSR count). The van der Waals surface area contributed by atoms with Crippen molar-refractivity contribution in [1.29, 1.82) is 0 Å². The number of benzene rings is 1. The van der Waals surface area contributed by atoms with Crippen molar-refractivity contribution in [3.63, 3.8) is 0 Å². The molecule has 1 saturated carbocycles. The Hall–Kier alpha value is -3.30. The van der Waals surface area contributed by atoms with Crippen LogP contribution in [-0.2, 0) is 24.5 Å². The lowest BCUT2D eigenvalue weighted by Crippen LogP contribution is -2.34. The summed E-state index contributed by atoms with van der Waals surface area (Å²) in [7, 11) is 0. The van der Waals surface area contributed by atoms with Crippen LogP contribution in [0.4, 0.5) is 4.39 Å². The molecule has 2 aromatic heterocycles. The van der Waals surface area contributed by atoms with E-state index in [2.05, 4.69) is 19.7 Å².